The number of likely N-dealkylation sites (N-methyl/N-ethyl adjacent to an activating group) is 1. The zero-order chi connectivity index (χ0) is 18.0. The first-order valence-corrected chi connectivity index (χ1v) is 9.38. The summed E-state index contributed by atoms with van der Waals surface area (Å²) < 4.78 is 26.4. The Labute approximate surface area is 151 Å². The van der Waals surface area contributed by atoms with Gasteiger partial charge >= 0.3 is 0 Å². The summed E-state index contributed by atoms with van der Waals surface area (Å²) >= 11 is 5.94. The number of amides is 1. The minimum Gasteiger partial charge on any atom is -0.340 e. The second kappa shape index (κ2) is 6.85. The molecule has 130 valence electrons. The van der Waals surface area contributed by atoms with Crippen LogP contribution < -0.4 is 4.72 Å². The van der Waals surface area contributed by atoms with Crippen molar-refractivity contribution in [3.8, 4) is 0 Å². The minimum atomic E-state index is -3.60. The Bertz CT molecular complexity index is 957. The van der Waals surface area contributed by atoms with E-state index in [4.69, 9.17) is 11.6 Å². The van der Waals surface area contributed by atoms with Crippen molar-refractivity contribution < 1.29 is 13.2 Å². The molecule has 1 amide bonds. The SMILES string of the molecule is CN(Cc1cccc(Cl)c1)C(=O)CN=C1NS(=O)(=O)c2ccccc21. The van der Waals surface area contributed by atoms with Crippen LogP contribution in [-0.4, -0.2) is 38.7 Å². The monoisotopic (exact) mass is 377 g/mol. The van der Waals surface area contributed by atoms with Crippen LogP contribution in [0.5, 0.6) is 0 Å². The molecule has 8 heteroatoms. The highest BCUT2D eigenvalue weighted by Gasteiger charge is 2.30. The lowest BCUT2D eigenvalue weighted by molar-refractivity contribution is -0.128. The fraction of sp³-hybridized carbons (Fsp3) is 0.176. The van der Waals surface area contributed by atoms with E-state index in [9.17, 15) is 13.2 Å². The van der Waals surface area contributed by atoms with Crippen molar-refractivity contribution in [2.24, 2.45) is 4.99 Å². The number of amidine groups is 1. The summed E-state index contributed by atoms with van der Waals surface area (Å²) in [6.07, 6.45) is 0. The Hall–Kier alpha value is -2.38. The summed E-state index contributed by atoms with van der Waals surface area (Å²) in [5.41, 5.74) is 1.38. The number of fused-ring (bicyclic) bond motifs is 1. The smallest absolute Gasteiger partial charge is 0.263 e. The number of aliphatic imine (C=N–C) groups is 1. The van der Waals surface area contributed by atoms with Crippen LogP contribution in [0.2, 0.25) is 5.02 Å². The topological polar surface area (TPSA) is 78.8 Å². The van der Waals surface area contributed by atoms with Crippen molar-refractivity contribution >= 4 is 33.4 Å². The van der Waals surface area contributed by atoms with Crippen LogP contribution in [-0.2, 0) is 21.4 Å². The van der Waals surface area contributed by atoms with E-state index in [1.165, 1.54) is 11.0 Å². The molecule has 0 unspecified atom stereocenters. The van der Waals surface area contributed by atoms with Gasteiger partial charge in [-0.05, 0) is 29.8 Å². The molecule has 3 rings (SSSR count). The lowest BCUT2D eigenvalue weighted by atomic mass is 10.2. The largest absolute Gasteiger partial charge is 0.340 e. The number of carbonyl (C=O) groups is 1. The summed E-state index contributed by atoms with van der Waals surface area (Å²) in [5.74, 6) is -0.0313. The third-order valence-electron chi connectivity index (χ3n) is 3.77. The fourth-order valence-corrected chi connectivity index (χ4v) is 3.98. The van der Waals surface area contributed by atoms with Gasteiger partial charge in [-0.2, -0.15) is 0 Å². The van der Waals surface area contributed by atoms with E-state index in [1.54, 1.807) is 37.4 Å². The number of benzene rings is 2. The lowest BCUT2D eigenvalue weighted by Gasteiger charge is -2.16. The van der Waals surface area contributed by atoms with Crippen molar-refractivity contribution in [1.82, 2.24) is 9.62 Å². The second-order valence-electron chi connectivity index (χ2n) is 5.65. The molecule has 0 atom stereocenters. The molecule has 1 heterocycles. The van der Waals surface area contributed by atoms with E-state index in [0.717, 1.165) is 5.56 Å². The molecule has 1 aliphatic rings. The van der Waals surface area contributed by atoms with Gasteiger partial charge in [0.1, 0.15) is 12.4 Å². The number of hydrogen-bond acceptors (Lipinski definition) is 4. The first kappa shape index (κ1) is 17.4. The third-order valence-corrected chi connectivity index (χ3v) is 5.40. The van der Waals surface area contributed by atoms with Gasteiger partial charge in [0.15, 0.2) is 0 Å². The lowest BCUT2D eigenvalue weighted by Crippen LogP contribution is -2.30. The zero-order valence-electron chi connectivity index (χ0n) is 13.4. The highest BCUT2D eigenvalue weighted by molar-refractivity contribution is 7.90. The molecule has 0 saturated carbocycles. The fourth-order valence-electron chi connectivity index (χ4n) is 2.52. The van der Waals surface area contributed by atoms with Crippen LogP contribution >= 0.6 is 11.6 Å². The van der Waals surface area contributed by atoms with Gasteiger partial charge in [-0.3, -0.25) is 14.5 Å². The van der Waals surface area contributed by atoms with Crippen LogP contribution in [0.15, 0.2) is 58.4 Å². The number of nitrogens with zero attached hydrogens (tertiary/aromatic N) is 2. The van der Waals surface area contributed by atoms with Crippen molar-refractivity contribution in [3.63, 3.8) is 0 Å². The van der Waals surface area contributed by atoms with Gasteiger partial charge < -0.3 is 4.90 Å². The molecule has 25 heavy (non-hydrogen) atoms. The van der Waals surface area contributed by atoms with Crippen LogP contribution in [0.3, 0.4) is 0 Å². The van der Waals surface area contributed by atoms with E-state index in [-0.39, 0.29) is 23.2 Å². The van der Waals surface area contributed by atoms with E-state index in [1.807, 2.05) is 12.1 Å². The molecule has 6 nitrogen and oxygen atoms in total. The zero-order valence-corrected chi connectivity index (χ0v) is 15.0. The molecule has 0 aliphatic carbocycles. The maximum atomic E-state index is 12.3. The summed E-state index contributed by atoms with van der Waals surface area (Å²) in [4.78, 5) is 18.1. The summed E-state index contributed by atoms with van der Waals surface area (Å²) in [5, 5.41) is 0.607. The Morgan fingerprint density at radius 2 is 1.96 bits per heavy atom. The average molecular weight is 378 g/mol. The van der Waals surface area contributed by atoms with E-state index < -0.39 is 10.0 Å². The molecular weight excluding hydrogens is 362 g/mol. The molecule has 1 N–H and O–H groups in total. The van der Waals surface area contributed by atoms with Gasteiger partial charge in [0, 0.05) is 24.2 Å². The molecule has 0 fully saturated rings. The van der Waals surface area contributed by atoms with Gasteiger partial charge in [0.25, 0.3) is 10.0 Å². The standard InChI is InChI=1S/C17H16ClN3O3S/c1-21(11-12-5-4-6-13(18)9-12)16(22)10-19-17-14-7-2-3-8-15(14)25(23,24)20-17/h2-9H,10-11H2,1H3,(H,19,20). The summed E-state index contributed by atoms with van der Waals surface area (Å²) in [6, 6.07) is 13.8. The minimum absolute atomic E-state index is 0.150. The molecule has 2 aromatic carbocycles. The van der Waals surface area contributed by atoms with Crippen LogP contribution in [0.4, 0.5) is 0 Å². The van der Waals surface area contributed by atoms with Gasteiger partial charge in [-0.15, -0.1) is 0 Å². The van der Waals surface area contributed by atoms with E-state index in [0.29, 0.717) is 17.1 Å². The third kappa shape index (κ3) is 3.83. The van der Waals surface area contributed by atoms with Crippen LogP contribution in [0, 0.1) is 0 Å². The van der Waals surface area contributed by atoms with Crippen LogP contribution in [0.1, 0.15) is 11.1 Å². The number of sulfonamides is 1. The molecular formula is C17H16ClN3O3S. The van der Waals surface area contributed by atoms with E-state index in [2.05, 4.69) is 9.71 Å². The van der Waals surface area contributed by atoms with Gasteiger partial charge in [0.05, 0.1) is 4.90 Å². The van der Waals surface area contributed by atoms with Gasteiger partial charge in [-0.1, -0.05) is 35.9 Å². The normalized spacial score (nSPS) is 16.3. The quantitative estimate of drug-likeness (QED) is 0.885. The maximum Gasteiger partial charge on any atom is 0.263 e. The molecule has 2 aromatic rings. The number of rotatable bonds is 4. The molecule has 0 radical (unpaired) electrons. The predicted octanol–water partition coefficient (Wildman–Crippen LogP) is 2.04. The molecule has 0 saturated heterocycles. The average Bonchev–Trinajstić information content (AvgIpc) is 2.84. The number of carbonyl (C=O) groups excluding carboxylic acids is 1. The Balaban J connectivity index is 1.71. The van der Waals surface area contributed by atoms with Crippen molar-refractivity contribution in [1.29, 1.82) is 0 Å². The predicted molar refractivity (Wildman–Crippen MR) is 96.1 cm³/mol. The van der Waals surface area contributed by atoms with Crippen LogP contribution in [0.25, 0.3) is 0 Å². The molecule has 0 spiro atoms. The Morgan fingerprint density at radius 3 is 2.72 bits per heavy atom. The molecule has 0 aromatic heterocycles. The van der Waals surface area contributed by atoms with Gasteiger partial charge in [-0.25, -0.2) is 8.42 Å². The number of halogens is 1. The highest BCUT2D eigenvalue weighted by Crippen LogP contribution is 2.22. The Morgan fingerprint density at radius 1 is 1.20 bits per heavy atom. The molecule has 0 bridgehead atoms. The first-order chi connectivity index (χ1) is 11.9. The van der Waals surface area contributed by atoms with E-state index >= 15 is 0 Å². The van der Waals surface area contributed by atoms with Gasteiger partial charge in [0.2, 0.25) is 5.91 Å². The number of hydrogen-bond donors (Lipinski definition) is 1. The highest BCUT2D eigenvalue weighted by atomic mass is 35.5. The van der Waals surface area contributed by atoms with Crippen molar-refractivity contribution in [3.05, 3.63) is 64.7 Å². The Kier molecular flexibility index (Phi) is 4.78. The number of nitrogens with one attached hydrogen (secondary N) is 1. The summed E-state index contributed by atoms with van der Waals surface area (Å²) in [7, 11) is -1.93. The second-order valence-corrected chi connectivity index (χ2v) is 7.73. The van der Waals surface area contributed by atoms with Crippen molar-refractivity contribution in [2.75, 3.05) is 13.6 Å². The van der Waals surface area contributed by atoms with Crippen molar-refractivity contribution in [2.45, 2.75) is 11.4 Å². The summed E-state index contributed by atoms with van der Waals surface area (Å²) in [6.45, 7) is 0.246. The molecule has 1 aliphatic heterocycles. The first-order valence-electron chi connectivity index (χ1n) is 7.52. The maximum absolute atomic E-state index is 12.3.